The lowest BCUT2D eigenvalue weighted by atomic mass is 10.3. The Morgan fingerprint density at radius 2 is 2.07 bits per heavy atom. The maximum atomic E-state index is 11.5. The van der Waals surface area contributed by atoms with Crippen molar-refractivity contribution in [1.29, 1.82) is 0 Å². The molecule has 0 saturated heterocycles. The first kappa shape index (κ1) is 12.9. The Morgan fingerprint density at radius 3 is 2.43 bits per heavy atom. The van der Waals surface area contributed by atoms with Crippen molar-refractivity contribution in [2.24, 2.45) is 5.73 Å². The number of nitrogens with two attached hydrogens (primary N) is 1. The van der Waals surface area contributed by atoms with E-state index in [2.05, 4.69) is 4.74 Å². The summed E-state index contributed by atoms with van der Waals surface area (Å²) in [7, 11) is 1.29. The van der Waals surface area contributed by atoms with Gasteiger partial charge in [-0.05, 0) is 13.3 Å². The molecule has 1 unspecified atom stereocenters. The monoisotopic (exact) mass is 202 g/mol. The number of esters is 1. The van der Waals surface area contributed by atoms with Crippen molar-refractivity contribution in [3.63, 3.8) is 0 Å². The first-order valence-corrected chi connectivity index (χ1v) is 4.64. The van der Waals surface area contributed by atoms with Gasteiger partial charge < -0.3 is 15.4 Å². The summed E-state index contributed by atoms with van der Waals surface area (Å²) in [6.45, 7) is 4.03. The molecule has 1 amide bonds. The lowest BCUT2D eigenvalue weighted by molar-refractivity contribution is -0.147. The number of carbonyl (C=O) groups excluding carboxylic acids is 2. The molecule has 5 nitrogen and oxygen atoms in total. The Bertz CT molecular complexity index is 204. The third kappa shape index (κ3) is 4.23. The minimum Gasteiger partial charge on any atom is -0.468 e. The number of methoxy groups -OCH3 is 1. The van der Waals surface area contributed by atoms with Crippen molar-refractivity contribution < 1.29 is 14.3 Å². The van der Waals surface area contributed by atoms with Crippen LogP contribution in [0.2, 0.25) is 0 Å². The molecule has 0 saturated carbocycles. The van der Waals surface area contributed by atoms with Gasteiger partial charge in [-0.25, -0.2) is 0 Å². The van der Waals surface area contributed by atoms with E-state index in [1.165, 1.54) is 12.0 Å². The standard InChI is InChI=1S/C9H18N2O3/c1-4-5-11(6-8(12)14-3)9(13)7(2)10/h7H,4-6,10H2,1-3H3. The Balaban J connectivity index is 4.28. The summed E-state index contributed by atoms with van der Waals surface area (Å²) in [4.78, 5) is 23.9. The number of carbonyl (C=O) groups is 2. The van der Waals surface area contributed by atoms with Gasteiger partial charge in [-0.1, -0.05) is 6.92 Å². The molecule has 2 N–H and O–H groups in total. The van der Waals surface area contributed by atoms with E-state index in [1.807, 2.05) is 6.92 Å². The van der Waals surface area contributed by atoms with E-state index in [0.717, 1.165) is 6.42 Å². The third-order valence-electron chi connectivity index (χ3n) is 1.74. The van der Waals surface area contributed by atoms with Gasteiger partial charge in [0, 0.05) is 6.54 Å². The van der Waals surface area contributed by atoms with Gasteiger partial charge in [0.15, 0.2) is 0 Å². The molecule has 1 atom stereocenters. The van der Waals surface area contributed by atoms with Gasteiger partial charge in [0.25, 0.3) is 0 Å². The Morgan fingerprint density at radius 1 is 1.50 bits per heavy atom. The maximum absolute atomic E-state index is 11.5. The summed E-state index contributed by atoms with van der Waals surface area (Å²) in [5, 5.41) is 0. The Kier molecular flexibility index (Phi) is 5.87. The van der Waals surface area contributed by atoms with Crippen LogP contribution in [0.15, 0.2) is 0 Å². The first-order chi connectivity index (χ1) is 6.52. The molecule has 5 heteroatoms. The molecule has 0 aromatic heterocycles. The number of ether oxygens (including phenoxy) is 1. The molecule has 0 fully saturated rings. The van der Waals surface area contributed by atoms with Gasteiger partial charge in [-0.15, -0.1) is 0 Å². The van der Waals surface area contributed by atoms with Crippen LogP contribution in [-0.4, -0.2) is 43.0 Å². The van der Waals surface area contributed by atoms with Crippen LogP contribution in [0.1, 0.15) is 20.3 Å². The zero-order valence-corrected chi connectivity index (χ0v) is 8.95. The largest absolute Gasteiger partial charge is 0.468 e. The van der Waals surface area contributed by atoms with E-state index < -0.39 is 12.0 Å². The lowest BCUT2D eigenvalue weighted by Crippen LogP contribution is -2.45. The van der Waals surface area contributed by atoms with Crippen LogP contribution in [0, 0.1) is 0 Å². The fraction of sp³-hybridized carbons (Fsp3) is 0.778. The van der Waals surface area contributed by atoms with E-state index in [1.54, 1.807) is 6.92 Å². The molecule has 0 aliphatic carbocycles. The van der Waals surface area contributed by atoms with Crippen LogP contribution in [0.5, 0.6) is 0 Å². The van der Waals surface area contributed by atoms with Crippen LogP contribution in [0.25, 0.3) is 0 Å². The molecule has 0 aliphatic heterocycles. The van der Waals surface area contributed by atoms with Crippen molar-refractivity contribution in [3.8, 4) is 0 Å². The number of hydrogen-bond donors (Lipinski definition) is 1. The molecular weight excluding hydrogens is 184 g/mol. The molecule has 0 bridgehead atoms. The predicted molar refractivity (Wildman–Crippen MR) is 52.5 cm³/mol. The molecule has 82 valence electrons. The van der Waals surface area contributed by atoms with E-state index in [9.17, 15) is 9.59 Å². The second-order valence-electron chi connectivity index (χ2n) is 3.12. The molecule has 0 aliphatic rings. The summed E-state index contributed by atoms with van der Waals surface area (Å²) in [5.41, 5.74) is 5.44. The predicted octanol–water partition coefficient (Wildman–Crippen LogP) is -0.255. The van der Waals surface area contributed by atoms with Gasteiger partial charge in [-0.3, -0.25) is 9.59 Å². The van der Waals surface area contributed by atoms with Crippen molar-refractivity contribution in [3.05, 3.63) is 0 Å². The van der Waals surface area contributed by atoms with Crippen molar-refractivity contribution in [1.82, 2.24) is 4.90 Å². The second kappa shape index (κ2) is 6.37. The lowest BCUT2D eigenvalue weighted by Gasteiger charge is -2.22. The van der Waals surface area contributed by atoms with Crippen LogP contribution >= 0.6 is 0 Å². The van der Waals surface area contributed by atoms with Crippen LogP contribution in [-0.2, 0) is 14.3 Å². The van der Waals surface area contributed by atoms with Crippen molar-refractivity contribution in [2.75, 3.05) is 20.2 Å². The fourth-order valence-corrected chi connectivity index (χ4v) is 1.05. The molecule has 0 aromatic carbocycles. The Labute approximate surface area is 84.2 Å². The molecule has 0 spiro atoms. The number of rotatable bonds is 5. The van der Waals surface area contributed by atoms with Crippen molar-refractivity contribution in [2.45, 2.75) is 26.3 Å². The Hall–Kier alpha value is -1.10. The average Bonchev–Trinajstić information content (AvgIpc) is 2.15. The van der Waals surface area contributed by atoms with Gasteiger partial charge in [0.2, 0.25) is 5.91 Å². The van der Waals surface area contributed by atoms with E-state index in [0.29, 0.717) is 6.54 Å². The van der Waals surface area contributed by atoms with Gasteiger partial charge in [-0.2, -0.15) is 0 Å². The fourth-order valence-electron chi connectivity index (χ4n) is 1.05. The number of nitrogens with zero attached hydrogens (tertiary/aromatic N) is 1. The average molecular weight is 202 g/mol. The number of amides is 1. The summed E-state index contributed by atoms with van der Waals surface area (Å²) >= 11 is 0. The smallest absolute Gasteiger partial charge is 0.325 e. The SMILES string of the molecule is CCCN(CC(=O)OC)C(=O)C(C)N. The highest BCUT2D eigenvalue weighted by molar-refractivity contribution is 5.85. The van der Waals surface area contributed by atoms with Gasteiger partial charge in [0.05, 0.1) is 13.2 Å². The normalized spacial score (nSPS) is 12.0. The van der Waals surface area contributed by atoms with Crippen LogP contribution in [0.4, 0.5) is 0 Å². The van der Waals surface area contributed by atoms with Crippen LogP contribution < -0.4 is 5.73 Å². The molecule has 0 aromatic rings. The summed E-state index contributed by atoms with van der Waals surface area (Å²) in [6.07, 6.45) is 0.787. The molecular formula is C9H18N2O3. The minimum absolute atomic E-state index is 0.0231. The molecule has 0 heterocycles. The topological polar surface area (TPSA) is 72.6 Å². The maximum Gasteiger partial charge on any atom is 0.325 e. The highest BCUT2D eigenvalue weighted by Crippen LogP contribution is 1.96. The summed E-state index contributed by atoms with van der Waals surface area (Å²) < 4.78 is 4.48. The van der Waals surface area contributed by atoms with E-state index in [4.69, 9.17) is 5.73 Å². The zero-order chi connectivity index (χ0) is 11.1. The molecule has 14 heavy (non-hydrogen) atoms. The highest BCUT2D eigenvalue weighted by atomic mass is 16.5. The van der Waals surface area contributed by atoms with Gasteiger partial charge in [0.1, 0.15) is 6.54 Å². The molecule has 0 radical (unpaired) electrons. The van der Waals surface area contributed by atoms with Crippen LogP contribution in [0.3, 0.4) is 0 Å². The van der Waals surface area contributed by atoms with E-state index >= 15 is 0 Å². The van der Waals surface area contributed by atoms with Gasteiger partial charge >= 0.3 is 5.97 Å². The third-order valence-corrected chi connectivity index (χ3v) is 1.74. The number of hydrogen-bond acceptors (Lipinski definition) is 4. The highest BCUT2D eigenvalue weighted by Gasteiger charge is 2.19. The zero-order valence-electron chi connectivity index (χ0n) is 8.95. The van der Waals surface area contributed by atoms with Crippen molar-refractivity contribution >= 4 is 11.9 Å². The first-order valence-electron chi connectivity index (χ1n) is 4.64. The summed E-state index contributed by atoms with van der Waals surface area (Å²) in [5.74, 6) is -0.648. The quantitative estimate of drug-likeness (QED) is 0.624. The van der Waals surface area contributed by atoms with E-state index in [-0.39, 0.29) is 12.5 Å². The summed E-state index contributed by atoms with van der Waals surface area (Å²) in [6, 6.07) is -0.578. The second-order valence-corrected chi connectivity index (χ2v) is 3.12. The molecule has 0 rings (SSSR count). The minimum atomic E-state index is -0.578.